The molecule has 0 amide bonds. The normalized spacial score (nSPS) is 16.2. The van der Waals surface area contributed by atoms with Crippen molar-refractivity contribution in [3.63, 3.8) is 0 Å². The van der Waals surface area contributed by atoms with E-state index in [4.69, 9.17) is 36.4 Å². The first-order valence-electron chi connectivity index (χ1n) is 44.0. The smallest absolute Gasteiger partial charge is 0.246 e. The monoisotopic (exact) mass is 1650 g/mol. The third-order valence-electron chi connectivity index (χ3n) is 26.1. The van der Waals surface area contributed by atoms with Gasteiger partial charge in [0.1, 0.15) is 11.4 Å². The number of aromatic nitrogens is 19. The van der Waals surface area contributed by atoms with E-state index in [1.54, 1.807) is 18.2 Å². The van der Waals surface area contributed by atoms with Crippen LogP contribution in [0.2, 0.25) is 0 Å². The maximum Gasteiger partial charge on any atom is 0.246 e. The molecule has 0 bridgehead atoms. The summed E-state index contributed by atoms with van der Waals surface area (Å²) in [4.78, 5) is 33.6. The van der Waals surface area contributed by atoms with Crippen LogP contribution >= 0.6 is 0 Å². The van der Waals surface area contributed by atoms with Crippen molar-refractivity contribution >= 4 is 140 Å². The molecule has 13 aromatic heterocycles. The first-order chi connectivity index (χ1) is 61.6. The molecular formula is C101H96N23O+. The van der Waals surface area contributed by atoms with E-state index in [0.29, 0.717) is 12.2 Å². The molecule has 24 nitrogen and oxygen atoms in total. The molecule has 0 fully saturated rings. The Morgan fingerprint density at radius 3 is 1.45 bits per heavy atom. The standard InChI is InChI=1S/C22H25N5.C21H17N5.C21H21N5.C20H17N3O.C17H15N5/c1-2-14(12-21(23)24)6-5-9-18-15-7-3-4-8-16(15)22-17-13-25-27-19(17)10-11-20(22)26-18;1-2-6-13-12(5-1)19-15-11-22-24-17(15)9-10-18(19)23-20(13)21-14-7-3-4-8-16(14)25-26-21;1-22-20-12-23-10-13(20)6-7-17-14-4-2-3-5-15(14)21-16-11-24-26-18(16)8-9-19(21)25-17;24-14-7-5-13(6-8-14)20-16-4-2-1-3-15(16)19-17(22-20)10-12-23-18(19)9-11-21-23;1-2-4-12-11(3-1)16-13-9-20-22-14(13)5-6-15(16)21-17(12)10-7-18-19-8-10/h2,5-6,9-11,13,21H,1,3-4,7-8,12,23-24H2,(H,25,27);3-4,7-11H,1-2,5-6H2,(H,22,24)(H,25,26);6-11,13,20H,1-5,12H2,(H,24,26);5-12H,1-4H2,(H,21,22,24);5-9H,1-4H2,(H,18,19)(H,20,22)/p+1/b9-5+,14-6+;;7-6+;;. The molecule has 0 spiro atoms. The predicted molar refractivity (Wildman–Crippen MR) is 501 cm³/mol. The van der Waals surface area contributed by atoms with Crippen LogP contribution in [0.3, 0.4) is 0 Å². The van der Waals surface area contributed by atoms with Crippen LogP contribution in [0.15, 0.2) is 205 Å². The van der Waals surface area contributed by atoms with Gasteiger partial charge in [-0.2, -0.15) is 35.7 Å². The highest BCUT2D eigenvalue weighted by atomic mass is 16.3. The van der Waals surface area contributed by atoms with E-state index in [1.807, 2.05) is 86.1 Å². The van der Waals surface area contributed by atoms with E-state index in [2.05, 4.69) is 191 Å². The van der Waals surface area contributed by atoms with Crippen molar-refractivity contribution in [2.24, 2.45) is 27.4 Å². The third-order valence-corrected chi connectivity index (χ3v) is 26.1. The van der Waals surface area contributed by atoms with Gasteiger partial charge in [-0.15, -0.1) is 0 Å². The van der Waals surface area contributed by atoms with E-state index >= 15 is 0 Å². The topological polar surface area (TPSA) is 353 Å². The number of aromatic amines is 7. The van der Waals surface area contributed by atoms with Gasteiger partial charge in [0.15, 0.2) is 0 Å². The molecule has 24 heteroatoms. The molecular weight excluding hydrogens is 1550 g/mol. The molecule has 6 aliphatic rings. The van der Waals surface area contributed by atoms with E-state index in [9.17, 15) is 5.11 Å². The highest BCUT2D eigenvalue weighted by Gasteiger charge is 2.29. The molecule has 5 aliphatic carbocycles. The number of benzene rings is 6. The molecule has 620 valence electrons. The Bertz CT molecular complexity index is 7510. The number of allylic oxidation sites excluding steroid dienone is 3. The van der Waals surface area contributed by atoms with E-state index in [-0.39, 0.29) is 18.1 Å². The van der Waals surface area contributed by atoms with Crippen LogP contribution in [0.25, 0.3) is 161 Å². The first-order valence-corrected chi connectivity index (χ1v) is 44.0. The third kappa shape index (κ3) is 14.7. The Hall–Kier alpha value is -14.4. The zero-order chi connectivity index (χ0) is 84.0. The number of aromatic hydroxyl groups is 1. The molecule has 2 atom stereocenters. The zero-order valence-electron chi connectivity index (χ0n) is 69.6. The molecule has 6 aromatic carbocycles. The summed E-state index contributed by atoms with van der Waals surface area (Å²) in [6.07, 6.45) is 53.1. The van der Waals surface area contributed by atoms with Gasteiger partial charge < -0.3 is 16.6 Å². The van der Waals surface area contributed by atoms with Crippen LogP contribution in [0.1, 0.15) is 138 Å². The average Bonchev–Trinajstić information content (AvgIpc) is 1.69. The minimum atomic E-state index is -0.369. The van der Waals surface area contributed by atoms with Gasteiger partial charge in [0.25, 0.3) is 0 Å². The number of aryl methyl sites for hydroxylation is 5. The number of nitrogens with zero attached hydrogens (tertiary/aromatic N) is 14. The molecule has 19 aromatic rings. The molecule has 2 unspecified atom stereocenters. The fourth-order valence-electron chi connectivity index (χ4n) is 20.2. The summed E-state index contributed by atoms with van der Waals surface area (Å²) in [5.74, 6) is 0.513. The Labute approximate surface area is 719 Å². The quantitative estimate of drug-likeness (QED) is 0.0249. The van der Waals surface area contributed by atoms with Gasteiger partial charge in [0, 0.05) is 96.5 Å². The number of H-pyrrole nitrogens is 7. The lowest BCUT2D eigenvalue weighted by molar-refractivity contribution is -0.575. The van der Waals surface area contributed by atoms with Crippen molar-refractivity contribution < 1.29 is 9.62 Å². The number of rotatable bonds is 11. The van der Waals surface area contributed by atoms with Crippen molar-refractivity contribution in [2.45, 2.75) is 147 Å². The number of para-hydroxylation sites is 1. The van der Waals surface area contributed by atoms with Crippen molar-refractivity contribution in [2.75, 3.05) is 6.54 Å². The summed E-state index contributed by atoms with van der Waals surface area (Å²) in [6, 6.07) is 36.7. The lowest BCUT2D eigenvalue weighted by atomic mass is 9.86. The molecule has 12 N–H and O–H groups in total. The minimum Gasteiger partial charge on any atom is -0.508 e. The number of hydrogen-bond donors (Lipinski definition) is 10. The number of phenolic OH excluding ortho intramolecular Hbond substituents is 1. The number of aliphatic imine (C=N–C) groups is 2. The summed E-state index contributed by atoms with van der Waals surface area (Å²) in [6.45, 7) is 8.27. The van der Waals surface area contributed by atoms with Gasteiger partial charge in [0.05, 0.1) is 145 Å². The van der Waals surface area contributed by atoms with Crippen LogP contribution in [-0.2, 0) is 64.2 Å². The van der Waals surface area contributed by atoms with Crippen molar-refractivity contribution in [3.05, 3.63) is 262 Å². The molecule has 25 rings (SSSR count). The zero-order valence-corrected chi connectivity index (χ0v) is 69.6. The van der Waals surface area contributed by atoms with Crippen LogP contribution < -0.4 is 16.0 Å². The minimum absolute atomic E-state index is 0.160. The lowest BCUT2D eigenvalue weighted by Crippen LogP contribution is -2.30. The number of fused-ring (bicyclic) bond motifs is 26. The van der Waals surface area contributed by atoms with E-state index in [1.165, 1.54) is 174 Å². The lowest BCUT2D eigenvalue weighted by Gasteiger charge is -2.21. The fraction of sp³-hybridized carbons (Fsp3) is 0.248. The van der Waals surface area contributed by atoms with Crippen LogP contribution in [0.4, 0.5) is 0 Å². The van der Waals surface area contributed by atoms with Gasteiger partial charge in [-0.05, 0) is 287 Å². The molecule has 125 heavy (non-hydrogen) atoms. The molecule has 0 radical (unpaired) electrons. The molecule has 0 saturated heterocycles. The van der Waals surface area contributed by atoms with Crippen molar-refractivity contribution in [1.29, 1.82) is 0 Å². The Morgan fingerprint density at radius 1 is 0.464 bits per heavy atom. The van der Waals surface area contributed by atoms with Crippen LogP contribution in [0, 0.1) is 5.92 Å². The predicted octanol–water partition coefficient (Wildman–Crippen LogP) is 19.0. The first kappa shape index (κ1) is 77.9. The van der Waals surface area contributed by atoms with Crippen molar-refractivity contribution in [1.82, 2.24) is 91.2 Å². The summed E-state index contributed by atoms with van der Waals surface area (Å²) in [7, 11) is 0. The summed E-state index contributed by atoms with van der Waals surface area (Å²) >= 11 is 0. The Morgan fingerprint density at radius 2 is 0.928 bits per heavy atom. The second-order valence-electron chi connectivity index (χ2n) is 33.7. The SMILES string of the molecule is C=C/C(=C\C=C\c1nc2ccc3[nH]ncc3c2c2c1CCCC2)CC(N)N.C=NC1CN=CC1/C=C/c1nc2ccc3[nH]ncc3c2c2c1CCCC2.Oc1ccc(-c2nc3cc[n+]4[nH]ccc4c3c3c2CCCC3)cc1.c1ccc2c(-c3nc4ccc5[nH]ncc5c4c4c3CCCC4)n[nH]c2c1.c1n[nH]cc1-c1nc2ccc3[nH]ncc3c2c2c1CCCC2. The second-order valence-corrected chi connectivity index (χ2v) is 33.7. The summed E-state index contributed by atoms with van der Waals surface area (Å²) in [5.41, 5.74) is 46.6. The van der Waals surface area contributed by atoms with Gasteiger partial charge in [-0.25, -0.2) is 24.9 Å². The number of nitrogens with two attached hydrogens (primary N) is 2. The molecule has 1 aliphatic heterocycles. The average molecular weight is 1650 g/mol. The Balaban J connectivity index is 0.0000000957. The molecule has 14 heterocycles. The van der Waals surface area contributed by atoms with Gasteiger partial charge >= 0.3 is 0 Å². The fourth-order valence-corrected chi connectivity index (χ4v) is 20.2. The van der Waals surface area contributed by atoms with Gasteiger partial charge in [0.2, 0.25) is 11.7 Å². The van der Waals surface area contributed by atoms with Gasteiger partial charge in [-0.1, -0.05) is 53.6 Å². The van der Waals surface area contributed by atoms with Gasteiger partial charge in [-0.3, -0.25) is 40.6 Å². The van der Waals surface area contributed by atoms with Crippen LogP contribution in [-0.4, -0.2) is 128 Å². The number of phenols is 1. The number of pyridine rings is 6. The highest BCUT2D eigenvalue weighted by Crippen LogP contribution is 2.44. The summed E-state index contributed by atoms with van der Waals surface area (Å²) in [5, 5.41) is 69.0. The Kier molecular flexibility index (Phi) is 21.1. The molecule has 0 saturated carbocycles. The number of nitrogens with one attached hydrogen (secondary N) is 7. The van der Waals surface area contributed by atoms with E-state index in [0.717, 1.165) is 182 Å². The van der Waals surface area contributed by atoms with Crippen LogP contribution in [0.5, 0.6) is 5.75 Å². The largest absolute Gasteiger partial charge is 0.508 e. The second kappa shape index (κ2) is 33.8. The summed E-state index contributed by atoms with van der Waals surface area (Å²) < 4.78 is 2.05. The van der Waals surface area contributed by atoms with Crippen molar-refractivity contribution in [3.8, 4) is 39.7 Å². The maximum absolute atomic E-state index is 9.58. The highest BCUT2D eigenvalue weighted by molar-refractivity contribution is 6.11. The van der Waals surface area contributed by atoms with E-state index < -0.39 is 0 Å². The number of hydrogen-bond acceptors (Lipinski definition) is 16. The maximum atomic E-state index is 9.58.